The van der Waals surface area contributed by atoms with Crippen molar-refractivity contribution in [2.24, 2.45) is 0 Å². The van der Waals surface area contributed by atoms with Gasteiger partial charge in [0.2, 0.25) is 0 Å². The van der Waals surface area contributed by atoms with Gasteiger partial charge in [-0.15, -0.1) is 0 Å². The van der Waals surface area contributed by atoms with Crippen molar-refractivity contribution >= 4 is 22.1 Å². The molecule has 0 spiro atoms. The summed E-state index contributed by atoms with van der Waals surface area (Å²) < 4.78 is 0. The summed E-state index contributed by atoms with van der Waals surface area (Å²) in [5.41, 5.74) is 3.72. The zero-order valence-corrected chi connectivity index (χ0v) is 16.7. The van der Waals surface area contributed by atoms with Crippen LogP contribution in [0.5, 0.6) is 0 Å². The van der Waals surface area contributed by atoms with Gasteiger partial charge in [-0.1, -0.05) is 83.3 Å². The fourth-order valence-corrected chi connectivity index (χ4v) is 2.32. The number of benzene rings is 2. The van der Waals surface area contributed by atoms with Gasteiger partial charge in [-0.25, -0.2) is 0 Å². The van der Waals surface area contributed by atoms with E-state index in [4.69, 9.17) is 0 Å². The molecule has 2 heteroatoms. The monoisotopic (exact) mass is 338 g/mol. The molecule has 2 nitrogen and oxygen atoms in total. The first-order valence-corrected chi connectivity index (χ1v) is 9.12. The lowest BCUT2D eigenvalue weighted by Crippen LogP contribution is -2.32. The SMILES string of the molecule is C/C=C(\C)C1Nc2cccc3cccc(c23)N1.C=CC=C.CC.CC. The summed E-state index contributed by atoms with van der Waals surface area (Å²) in [5, 5.41) is 9.63. The molecule has 3 rings (SSSR count). The van der Waals surface area contributed by atoms with Gasteiger partial charge < -0.3 is 10.6 Å². The minimum absolute atomic E-state index is 0.195. The lowest BCUT2D eigenvalue weighted by atomic mass is 10.0. The molecule has 0 radical (unpaired) electrons. The Kier molecular flexibility index (Phi) is 11.6. The Morgan fingerprint density at radius 3 is 1.68 bits per heavy atom. The number of rotatable bonds is 2. The van der Waals surface area contributed by atoms with Crippen LogP contribution < -0.4 is 10.6 Å². The van der Waals surface area contributed by atoms with E-state index in [1.807, 2.05) is 27.7 Å². The fraction of sp³-hybridized carbons (Fsp3) is 0.304. The van der Waals surface area contributed by atoms with Crippen LogP contribution in [-0.2, 0) is 0 Å². The number of allylic oxidation sites excluding steroid dienone is 3. The molecule has 0 saturated heterocycles. The van der Waals surface area contributed by atoms with Gasteiger partial charge in [0.1, 0.15) is 6.17 Å². The molecular weight excluding hydrogens is 304 g/mol. The van der Waals surface area contributed by atoms with E-state index in [-0.39, 0.29) is 6.17 Å². The molecular formula is C23H34N2. The largest absolute Gasteiger partial charge is 0.361 e. The van der Waals surface area contributed by atoms with Crippen LogP contribution >= 0.6 is 0 Å². The Morgan fingerprint density at radius 1 is 0.880 bits per heavy atom. The summed E-state index contributed by atoms with van der Waals surface area (Å²) in [6.07, 6.45) is 5.61. The van der Waals surface area contributed by atoms with Crippen LogP contribution in [0.2, 0.25) is 0 Å². The van der Waals surface area contributed by atoms with E-state index < -0.39 is 0 Å². The van der Waals surface area contributed by atoms with Crippen LogP contribution in [-0.4, -0.2) is 6.17 Å². The first kappa shape index (κ1) is 22.5. The zero-order chi connectivity index (χ0) is 19.2. The van der Waals surface area contributed by atoms with Crippen LogP contribution in [0.3, 0.4) is 0 Å². The molecule has 136 valence electrons. The van der Waals surface area contributed by atoms with Crippen LogP contribution in [0.15, 0.2) is 73.4 Å². The molecule has 25 heavy (non-hydrogen) atoms. The van der Waals surface area contributed by atoms with Crippen LogP contribution in [0.4, 0.5) is 11.4 Å². The third-order valence-corrected chi connectivity index (χ3v) is 3.58. The van der Waals surface area contributed by atoms with Crippen molar-refractivity contribution in [1.82, 2.24) is 0 Å². The van der Waals surface area contributed by atoms with Gasteiger partial charge in [-0.05, 0) is 36.9 Å². The van der Waals surface area contributed by atoms with Crippen LogP contribution in [0.1, 0.15) is 41.5 Å². The van der Waals surface area contributed by atoms with Crippen LogP contribution in [0.25, 0.3) is 10.8 Å². The molecule has 1 aliphatic heterocycles. The van der Waals surface area contributed by atoms with Gasteiger partial charge in [-0.2, -0.15) is 0 Å². The maximum absolute atomic E-state index is 3.53. The highest BCUT2D eigenvalue weighted by molar-refractivity contribution is 6.04. The lowest BCUT2D eigenvalue weighted by molar-refractivity contribution is 0.930. The van der Waals surface area contributed by atoms with E-state index in [0.717, 1.165) is 0 Å². The summed E-state index contributed by atoms with van der Waals surface area (Å²) in [6, 6.07) is 12.8. The smallest absolute Gasteiger partial charge is 0.119 e. The van der Waals surface area contributed by atoms with Gasteiger partial charge in [0.15, 0.2) is 0 Å². The van der Waals surface area contributed by atoms with E-state index >= 15 is 0 Å². The van der Waals surface area contributed by atoms with Gasteiger partial charge in [-0.3, -0.25) is 0 Å². The van der Waals surface area contributed by atoms with Crippen LogP contribution in [0, 0.1) is 0 Å². The molecule has 1 aliphatic rings. The summed E-state index contributed by atoms with van der Waals surface area (Å²) in [7, 11) is 0. The molecule has 0 aliphatic carbocycles. The number of hydrogen-bond acceptors (Lipinski definition) is 2. The average molecular weight is 339 g/mol. The molecule has 0 fully saturated rings. The molecule has 2 aromatic rings. The quantitative estimate of drug-likeness (QED) is 0.441. The normalized spacial score (nSPS) is 11.8. The second-order valence-electron chi connectivity index (χ2n) is 4.94. The second kappa shape index (κ2) is 12.9. The molecule has 0 aromatic heterocycles. The highest BCUT2D eigenvalue weighted by Crippen LogP contribution is 2.35. The summed E-state index contributed by atoms with van der Waals surface area (Å²) in [4.78, 5) is 0. The predicted octanol–water partition coefficient (Wildman–Crippen LogP) is 7.38. The van der Waals surface area contributed by atoms with Crippen molar-refractivity contribution in [1.29, 1.82) is 0 Å². The Bertz CT molecular complexity index is 637. The maximum Gasteiger partial charge on any atom is 0.119 e. The molecule has 0 bridgehead atoms. The van der Waals surface area contributed by atoms with E-state index in [9.17, 15) is 0 Å². The summed E-state index contributed by atoms with van der Waals surface area (Å²) in [6.45, 7) is 18.9. The second-order valence-corrected chi connectivity index (χ2v) is 4.94. The molecule has 1 heterocycles. The molecule has 2 aromatic carbocycles. The molecule has 2 N–H and O–H groups in total. The van der Waals surface area contributed by atoms with Crippen molar-refractivity contribution in [2.45, 2.75) is 47.7 Å². The van der Waals surface area contributed by atoms with Crippen molar-refractivity contribution in [3.05, 3.63) is 73.4 Å². The van der Waals surface area contributed by atoms with Gasteiger partial charge in [0.25, 0.3) is 0 Å². The molecule has 0 saturated carbocycles. The predicted molar refractivity (Wildman–Crippen MR) is 118 cm³/mol. The fourth-order valence-electron chi connectivity index (χ4n) is 2.32. The lowest BCUT2D eigenvalue weighted by Gasteiger charge is -2.30. The van der Waals surface area contributed by atoms with E-state index in [1.54, 1.807) is 12.2 Å². The van der Waals surface area contributed by atoms with Crippen molar-refractivity contribution in [3.8, 4) is 0 Å². The minimum atomic E-state index is 0.195. The summed E-state index contributed by atoms with van der Waals surface area (Å²) in [5.74, 6) is 0. The molecule has 0 atom stereocenters. The molecule has 0 unspecified atom stereocenters. The zero-order valence-electron chi connectivity index (χ0n) is 16.7. The van der Waals surface area contributed by atoms with E-state index in [1.165, 1.54) is 27.7 Å². The summed E-state index contributed by atoms with van der Waals surface area (Å²) >= 11 is 0. The minimum Gasteiger partial charge on any atom is -0.361 e. The Labute approximate surface area is 154 Å². The van der Waals surface area contributed by atoms with Gasteiger partial charge >= 0.3 is 0 Å². The first-order chi connectivity index (χ1) is 12.2. The third kappa shape index (κ3) is 6.15. The highest BCUT2D eigenvalue weighted by atomic mass is 15.1. The Balaban J connectivity index is 0.000000625. The standard InChI is InChI=1S/C15H16N2.C4H6.2C2H6/c1-3-10(2)15-16-12-8-4-6-11-7-5-9-13(17-15)14(11)12;1-3-4-2;2*1-2/h3-9,15-17H,1-2H3;3-4H,1-2H2;2*1-2H3/b10-3+;;;. The third-order valence-electron chi connectivity index (χ3n) is 3.58. The van der Waals surface area contributed by atoms with Crippen molar-refractivity contribution < 1.29 is 0 Å². The maximum atomic E-state index is 3.53. The average Bonchev–Trinajstić information content (AvgIpc) is 2.71. The van der Waals surface area contributed by atoms with E-state index in [2.05, 4.69) is 80.1 Å². The van der Waals surface area contributed by atoms with Gasteiger partial charge in [0.05, 0.1) is 0 Å². The Hall–Kier alpha value is -2.48. The van der Waals surface area contributed by atoms with Crippen molar-refractivity contribution in [2.75, 3.05) is 10.6 Å². The number of hydrogen-bond donors (Lipinski definition) is 2. The van der Waals surface area contributed by atoms with Crippen molar-refractivity contribution in [3.63, 3.8) is 0 Å². The highest BCUT2D eigenvalue weighted by Gasteiger charge is 2.18. The van der Waals surface area contributed by atoms with E-state index in [0.29, 0.717) is 0 Å². The Morgan fingerprint density at radius 2 is 1.32 bits per heavy atom. The number of nitrogens with one attached hydrogen (secondary N) is 2. The number of anilines is 2. The molecule has 0 amide bonds. The first-order valence-electron chi connectivity index (χ1n) is 9.12. The van der Waals surface area contributed by atoms with Gasteiger partial charge in [0, 0.05) is 16.8 Å². The topological polar surface area (TPSA) is 24.1 Å².